The van der Waals surface area contributed by atoms with E-state index in [9.17, 15) is 19.2 Å². The highest BCUT2D eigenvalue weighted by atomic mass is 16.2. The molecule has 46 heavy (non-hydrogen) atoms. The third kappa shape index (κ3) is 5.77. The Kier molecular flexibility index (Phi) is 8.41. The summed E-state index contributed by atoms with van der Waals surface area (Å²) in [4.78, 5) is 60.9. The van der Waals surface area contributed by atoms with Crippen LogP contribution in [0.4, 0.5) is 11.5 Å². The van der Waals surface area contributed by atoms with Crippen molar-refractivity contribution in [2.24, 2.45) is 5.41 Å². The van der Waals surface area contributed by atoms with E-state index in [2.05, 4.69) is 27.0 Å². The number of benzene rings is 2. The van der Waals surface area contributed by atoms with Gasteiger partial charge in [-0.15, -0.1) is 0 Å². The van der Waals surface area contributed by atoms with Gasteiger partial charge < -0.3 is 25.8 Å². The van der Waals surface area contributed by atoms with E-state index in [1.54, 1.807) is 22.9 Å². The number of carbonyl (C=O) groups excluding carboxylic acids is 4. The van der Waals surface area contributed by atoms with E-state index in [0.717, 1.165) is 33.4 Å². The molecule has 1 atom stereocenters. The molecule has 3 heterocycles. The van der Waals surface area contributed by atoms with Gasteiger partial charge in [-0.3, -0.25) is 19.2 Å². The van der Waals surface area contributed by atoms with E-state index in [1.807, 2.05) is 63.4 Å². The summed E-state index contributed by atoms with van der Waals surface area (Å²) in [6.45, 7) is 7.31. The summed E-state index contributed by atoms with van der Waals surface area (Å²) in [5.74, 6) is 0.213. The Bertz CT molecular complexity index is 1710. The zero-order valence-electron chi connectivity index (χ0n) is 27.0. The number of piperidine rings is 1. The van der Waals surface area contributed by atoms with Crippen LogP contribution in [0.5, 0.6) is 0 Å². The number of nitrogens with one attached hydrogen (secondary N) is 3. The van der Waals surface area contributed by atoms with Crippen LogP contribution in [0.1, 0.15) is 60.1 Å². The predicted molar refractivity (Wildman–Crippen MR) is 176 cm³/mol. The molecule has 2 aromatic carbocycles. The minimum Gasteiger partial charge on any atom is -0.343 e. The summed E-state index contributed by atoms with van der Waals surface area (Å²) in [6.07, 6.45) is 3.87. The second-order valence-corrected chi connectivity index (χ2v) is 13.3. The van der Waals surface area contributed by atoms with Crippen LogP contribution in [0.3, 0.4) is 0 Å². The smallest absolute Gasteiger partial charge is 0.244 e. The van der Waals surface area contributed by atoms with E-state index in [-0.39, 0.29) is 30.2 Å². The first-order chi connectivity index (χ1) is 22.0. The van der Waals surface area contributed by atoms with Gasteiger partial charge in [-0.05, 0) is 79.6 Å². The summed E-state index contributed by atoms with van der Waals surface area (Å²) >= 11 is 0. The first-order valence-electron chi connectivity index (χ1n) is 16.0. The summed E-state index contributed by atoms with van der Waals surface area (Å²) in [5, 5.41) is 9.23. The minimum absolute atomic E-state index is 0.0109. The molecule has 6 rings (SSSR count). The molecule has 1 aromatic heterocycles. The highest BCUT2D eigenvalue weighted by Gasteiger charge is 2.51. The van der Waals surface area contributed by atoms with E-state index in [4.69, 9.17) is 0 Å². The highest BCUT2D eigenvalue weighted by Crippen LogP contribution is 2.47. The Morgan fingerprint density at radius 3 is 2.41 bits per heavy atom. The predicted octanol–water partition coefficient (Wildman–Crippen LogP) is 3.71. The van der Waals surface area contributed by atoms with E-state index < -0.39 is 10.8 Å². The maximum absolute atomic E-state index is 14.2. The SMILES string of the molecule is CNCc1ccccc1CN(CC(=O)Nc1cc2c(cc1C)CC1(C2)C(=O)Nc2ncccc21)C(=O)C1(C)CCN(C(C)=O)CC1. The van der Waals surface area contributed by atoms with Gasteiger partial charge in [-0.1, -0.05) is 43.3 Å². The van der Waals surface area contributed by atoms with Crippen molar-refractivity contribution in [3.8, 4) is 0 Å². The van der Waals surface area contributed by atoms with Crippen molar-refractivity contribution in [3.05, 3.63) is 88.1 Å². The number of amides is 4. The second kappa shape index (κ2) is 12.3. The van der Waals surface area contributed by atoms with Gasteiger partial charge >= 0.3 is 0 Å². The molecule has 1 spiro atoms. The van der Waals surface area contributed by atoms with Crippen molar-refractivity contribution in [2.45, 2.75) is 65.0 Å². The molecule has 1 unspecified atom stereocenters. The van der Waals surface area contributed by atoms with Gasteiger partial charge in [0.2, 0.25) is 23.6 Å². The van der Waals surface area contributed by atoms with E-state index in [1.165, 1.54) is 0 Å². The molecule has 10 heteroatoms. The fourth-order valence-corrected chi connectivity index (χ4v) is 7.33. The molecule has 3 aromatic rings. The van der Waals surface area contributed by atoms with Crippen LogP contribution in [0, 0.1) is 12.3 Å². The second-order valence-electron chi connectivity index (χ2n) is 13.3. The number of carbonyl (C=O) groups is 4. The van der Waals surface area contributed by atoms with Crippen molar-refractivity contribution in [1.29, 1.82) is 0 Å². The number of anilines is 2. The molecule has 4 amide bonds. The summed E-state index contributed by atoms with van der Waals surface area (Å²) < 4.78 is 0. The Hall–Kier alpha value is -4.57. The molecule has 3 N–H and O–H groups in total. The molecule has 3 aliphatic rings. The normalized spacial score (nSPS) is 19.4. The topological polar surface area (TPSA) is 124 Å². The molecule has 0 saturated carbocycles. The Labute approximate surface area is 269 Å². The van der Waals surface area contributed by atoms with Crippen molar-refractivity contribution >= 4 is 35.1 Å². The Balaban J connectivity index is 1.23. The maximum atomic E-state index is 14.2. The fraction of sp³-hybridized carbons (Fsp3) is 0.417. The third-order valence-electron chi connectivity index (χ3n) is 10.1. The summed E-state index contributed by atoms with van der Waals surface area (Å²) in [5.41, 5.74) is 5.26. The lowest BCUT2D eigenvalue weighted by Crippen LogP contribution is -2.51. The number of aryl methyl sites for hydroxylation is 1. The summed E-state index contributed by atoms with van der Waals surface area (Å²) in [6, 6.07) is 15.8. The standard InChI is InChI=1S/C36H42N6O4/c1-23-16-27-18-36(29-10-7-13-38-32(29)40-33(36)45)19-28(27)17-30(23)39-31(44)22-42(21-26-9-6-5-8-25(26)20-37-4)34(46)35(3)11-14-41(15-12-35)24(2)43/h5-10,13,16-17,37H,11-12,14-15,18-22H2,1-4H3,(H,39,44)(H,38,40,45). The van der Waals surface area contributed by atoms with Crippen molar-refractivity contribution < 1.29 is 19.2 Å². The Morgan fingerprint density at radius 1 is 1.02 bits per heavy atom. The molecule has 1 fully saturated rings. The number of hydrogen-bond acceptors (Lipinski definition) is 6. The lowest BCUT2D eigenvalue weighted by Gasteiger charge is -2.40. The van der Waals surface area contributed by atoms with Crippen LogP contribution >= 0.6 is 0 Å². The zero-order valence-corrected chi connectivity index (χ0v) is 27.0. The zero-order chi connectivity index (χ0) is 32.6. The minimum atomic E-state index is -0.696. The largest absolute Gasteiger partial charge is 0.343 e. The average Bonchev–Trinajstić information content (AvgIpc) is 3.53. The van der Waals surface area contributed by atoms with Crippen molar-refractivity contribution in [3.63, 3.8) is 0 Å². The van der Waals surface area contributed by atoms with Crippen molar-refractivity contribution in [2.75, 3.05) is 37.3 Å². The van der Waals surface area contributed by atoms with Crippen LogP contribution in [-0.2, 0) is 50.5 Å². The monoisotopic (exact) mass is 622 g/mol. The molecule has 0 radical (unpaired) electrons. The summed E-state index contributed by atoms with van der Waals surface area (Å²) in [7, 11) is 1.88. The van der Waals surface area contributed by atoms with Gasteiger partial charge in [0.05, 0.1) is 5.41 Å². The molecule has 1 saturated heterocycles. The fourth-order valence-electron chi connectivity index (χ4n) is 7.33. The van der Waals surface area contributed by atoms with Crippen LogP contribution in [0.25, 0.3) is 0 Å². The molecule has 10 nitrogen and oxygen atoms in total. The van der Waals surface area contributed by atoms with Gasteiger partial charge in [0.15, 0.2) is 0 Å². The number of rotatable bonds is 8. The van der Waals surface area contributed by atoms with Gasteiger partial charge in [0.25, 0.3) is 0 Å². The lowest BCUT2D eigenvalue weighted by molar-refractivity contribution is -0.148. The molecular formula is C36H42N6O4. The first kappa shape index (κ1) is 31.4. The quantitative estimate of drug-likeness (QED) is 0.352. The van der Waals surface area contributed by atoms with E-state index >= 15 is 0 Å². The first-order valence-corrected chi connectivity index (χ1v) is 16.0. The number of likely N-dealkylation sites (tertiary alicyclic amines) is 1. The van der Waals surface area contributed by atoms with Gasteiger partial charge in [0.1, 0.15) is 12.4 Å². The number of fused-ring (bicyclic) bond motifs is 3. The lowest BCUT2D eigenvalue weighted by atomic mass is 9.78. The van der Waals surface area contributed by atoms with Crippen LogP contribution in [-0.4, -0.2) is 65.1 Å². The van der Waals surface area contributed by atoms with Crippen LogP contribution in [0.2, 0.25) is 0 Å². The molecule has 240 valence electrons. The molecule has 0 bridgehead atoms. The van der Waals surface area contributed by atoms with Crippen molar-refractivity contribution in [1.82, 2.24) is 20.1 Å². The van der Waals surface area contributed by atoms with Crippen LogP contribution in [0.15, 0.2) is 54.7 Å². The average molecular weight is 623 g/mol. The number of aromatic nitrogens is 1. The number of hydrogen-bond donors (Lipinski definition) is 3. The van der Waals surface area contributed by atoms with Gasteiger partial charge in [-0.25, -0.2) is 4.98 Å². The van der Waals surface area contributed by atoms with E-state index in [0.29, 0.717) is 63.4 Å². The van der Waals surface area contributed by atoms with Gasteiger partial charge in [0, 0.05) is 56.0 Å². The third-order valence-corrected chi connectivity index (χ3v) is 10.1. The van der Waals surface area contributed by atoms with Gasteiger partial charge in [-0.2, -0.15) is 0 Å². The highest BCUT2D eigenvalue weighted by molar-refractivity contribution is 6.06. The number of nitrogens with zero attached hydrogens (tertiary/aromatic N) is 3. The van der Waals surface area contributed by atoms with Crippen LogP contribution < -0.4 is 16.0 Å². The molecule has 2 aliphatic heterocycles. The Morgan fingerprint density at radius 2 is 1.72 bits per heavy atom. The molecular weight excluding hydrogens is 580 g/mol. The number of pyridine rings is 1. The molecule has 1 aliphatic carbocycles. The maximum Gasteiger partial charge on any atom is 0.244 e.